The van der Waals surface area contributed by atoms with Crippen LogP contribution in [0.25, 0.3) is 18.0 Å². The number of hydrogen-bond acceptors (Lipinski definition) is 4. The molecule has 0 amide bonds. The van der Waals surface area contributed by atoms with Gasteiger partial charge in [0.1, 0.15) is 5.82 Å². The second-order valence-corrected chi connectivity index (χ2v) is 7.93. The Balaban J connectivity index is 1.60. The molecule has 8 bridgehead atoms. The summed E-state index contributed by atoms with van der Waals surface area (Å²) < 4.78 is 0. The summed E-state index contributed by atoms with van der Waals surface area (Å²) in [6.07, 6.45) is 24.7. The van der Waals surface area contributed by atoms with Crippen molar-refractivity contribution in [1.29, 1.82) is 0 Å². The van der Waals surface area contributed by atoms with E-state index in [0.29, 0.717) is 0 Å². The van der Waals surface area contributed by atoms with Gasteiger partial charge in [0.25, 0.3) is 0 Å². The van der Waals surface area contributed by atoms with Gasteiger partial charge >= 0.3 is 0 Å². The fourth-order valence-electron chi connectivity index (χ4n) is 4.17. The van der Waals surface area contributed by atoms with Crippen molar-refractivity contribution in [3.63, 3.8) is 0 Å². The number of nitrogens with zero attached hydrogens (tertiary/aromatic N) is 4. The standard InChI is InChI=1S/C25H20N6/c1-30-9-10-31(2)25(30)23-14-22-13-20-6-5-18(27-20)11-16-3-4-17(26-16)12-19-7-8-21(28-19)15-24(23)29-22/h3-15,29H,1-2H3/p+1. The van der Waals surface area contributed by atoms with E-state index in [-0.39, 0.29) is 0 Å². The molecule has 1 aromatic heterocycles. The minimum absolute atomic E-state index is 0.901. The van der Waals surface area contributed by atoms with Gasteiger partial charge in [-0.25, -0.2) is 15.0 Å². The van der Waals surface area contributed by atoms with Crippen LogP contribution in [0.4, 0.5) is 0 Å². The van der Waals surface area contributed by atoms with Gasteiger partial charge in [-0.15, -0.1) is 0 Å². The van der Waals surface area contributed by atoms with E-state index in [1.165, 1.54) is 0 Å². The molecular weight excluding hydrogens is 384 g/mol. The number of rotatable bonds is 0. The number of hydrogen-bond donors (Lipinski definition) is 2. The first-order valence-corrected chi connectivity index (χ1v) is 10.2. The van der Waals surface area contributed by atoms with E-state index < -0.39 is 0 Å². The number of allylic oxidation sites excluding steroid dienone is 8. The van der Waals surface area contributed by atoms with E-state index in [0.717, 1.165) is 56.3 Å². The summed E-state index contributed by atoms with van der Waals surface area (Å²) in [5.74, 6) is 1.12. The minimum Gasteiger partial charge on any atom is -0.355 e. The molecule has 0 atom stereocenters. The van der Waals surface area contributed by atoms with E-state index in [2.05, 4.69) is 87.7 Å². The van der Waals surface area contributed by atoms with E-state index in [9.17, 15) is 0 Å². The summed E-state index contributed by atoms with van der Waals surface area (Å²) in [5.41, 5.74) is 6.68. The molecule has 0 aliphatic carbocycles. The number of aliphatic imine (C=N–C) groups is 2. The molecule has 2 N–H and O–H groups in total. The largest absolute Gasteiger partial charge is 0.355 e. The summed E-state index contributed by atoms with van der Waals surface area (Å²) in [4.78, 5) is 20.7. The Morgan fingerprint density at radius 1 is 0.774 bits per heavy atom. The number of nitrogens with one attached hydrogen (secondary N) is 2. The van der Waals surface area contributed by atoms with Crippen LogP contribution >= 0.6 is 0 Å². The van der Waals surface area contributed by atoms with Crippen LogP contribution < -0.4 is 15.6 Å². The molecule has 0 saturated carbocycles. The maximum atomic E-state index is 4.74. The summed E-state index contributed by atoms with van der Waals surface area (Å²) >= 11 is 0. The van der Waals surface area contributed by atoms with Crippen molar-refractivity contribution in [2.24, 2.45) is 9.98 Å². The molecular formula is C25H21N6+. The van der Waals surface area contributed by atoms with Crippen molar-refractivity contribution >= 4 is 35.1 Å². The van der Waals surface area contributed by atoms with Gasteiger partial charge in [-0.05, 0) is 42.5 Å². The molecule has 6 heteroatoms. The molecule has 0 spiro atoms. The van der Waals surface area contributed by atoms with Crippen LogP contribution in [-0.2, 0) is 0 Å². The summed E-state index contributed by atoms with van der Waals surface area (Å²) in [7, 11) is 4.13. The molecule has 1 aromatic rings. The van der Waals surface area contributed by atoms with Gasteiger partial charge in [-0.2, -0.15) is 0 Å². The second-order valence-electron chi connectivity index (χ2n) is 7.93. The first-order chi connectivity index (χ1) is 15.1. The van der Waals surface area contributed by atoms with Crippen LogP contribution in [-0.4, -0.2) is 46.0 Å². The lowest BCUT2D eigenvalue weighted by Gasteiger charge is -2.17. The van der Waals surface area contributed by atoms with Crippen LogP contribution in [0.3, 0.4) is 0 Å². The number of aromatic nitrogens is 1. The molecule has 0 fully saturated rings. The molecule has 6 rings (SSSR count). The molecule has 0 unspecified atom stereocenters. The Labute approximate surface area is 179 Å². The summed E-state index contributed by atoms with van der Waals surface area (Å²) in [5, 5.41) is 2.17. The maximum Gasteiger partial charge on any atom is 0.206 e. The quantitative estimate of drug-likeness (QED) is 0.658. The predicted octanol–water partition coefficient (Wildman–Crippen LogP) is 0.445. The van der Waals surface area contributed by atoms with Crippen LogP contribution in [0.2, 0.25) is 0 Å². The van der Waals surface area contributed by atoms with Crippen LogP contribution in [0, 0.1) is 0 Å². The van der Waals surface area contributed by atoms with Crippen LogP contribution in [0.5, 0.6) is 0 Å². The van der Waals surface area contributed by atoms with E-state index in [1.54, 1.807) is 0 Å². The number of aromatic amines is 1. The van der Waals surface area contributed by atoms with Crippen molar-refractivity contribution in [3.05, 3.63) is 100 Å². The molecule has 5 aliphatic rings. The van der Waals surface area contributed by atoms with E-state index in [1.807, 2.05) is 30.4 Å². The van der Waals surface area contributed by atoms with Gasteiger partial charge in [0.2, 0.25) is 11.4 Å². The normalized spacial score (nSPS) is 20.6. The van der Waals surface area contributed by atoms with Crippen molar-refractivity contribution in [3.8, 4) is 0 Å². The number of H-pyrrole nitrogens is 1. The van der Waals surface area contributed by atoms with Gasteiger partial charge in [0.05, 0.1) is 28.2 Å². The summed E-state index contributed by atoms with van der Waals surface area (Å²) in [6, 6.07) is 2.18. The molecule has 5 aliphatic heterocycles. The van der Waals surface area contributed by atoms with Gasteiger partial charge in [0, 0.05) is 61.7 Å². The third-order valence-electron chi connectivity index (χ3n) is 5.59. The first kappa shape index (κ1) is 17.7. The zero-order valence-electron chi connectivity index (χ0n) is 17.3. The Hall–Kier alpha value is -4.19. The SMILES string of the molecule is CN1C=CN(C)C1=c1cc2[nH]c1=CC1=[NH+]C(=CC3=NC(=CC4=NC(=C2)C=C4)C=C3)C=C1. The highest BCUT2D eigenvalue weighted by molar-refractivity contribution is 6.15. The molecule has 0 radical (unpaired) electrons. The van der Waals surface area contributed by atoms with Gasteiger partial charge in [-0.1, -0.05) is 0 Å². The lowest BCUT2D eigenvalue weighted by atomic mass is 10.2. The Kier molecular flexibility index (Phi) is 3.80. The minimum atomic E-state index is 0.901. The second kappa shape index (κ2) is 6.67. The monoisotopic (exact) mass is 405 g/mol. The molecule has 6 nitrogen and oxygen atoms in total. The fourth-order valence-corrected chi connectivity index (χ4v) is 4.17. The van der Waals surface area contributed by atoms with Crippen molar-refractivity contribution in [1.82, 2.24) is 14.8 Å². The predicted molar refractivity (Wildman–Crippen MR) is 125 cm³/mol. The molecule has 0 saturated heterocycles. The van der Waals surface area contributed by atoms with Crippen molar-refractivity contribution < 1.29 is 4.99 Å². The molecule has 6 heterocycles. The zero-order chi connectivity index (χ0) is 20.9. The van der Waals surface area contributed by atoms with Crippen molar-refractivity contribution in [2.75, 3.05) is 14.1 Å². The zero-order valence-corrected chi connectivity index (χ0v) is 17.3. The molecule has 0 aromatic carbocycles. The van der Waals surface area contributed by atoms with Crippen LogP contribution in [0.15, 0.2) is 94.2 Å². The Bertz CT molecular complexity index is 1430. The van der Waals surface area contributed by atoms with Gasteiger partial charge < -0.3 is 14.8 Å². The third-order valence-corrected chi connectivity index (χ3v) is 5.59. The third kappa shape index (κ3) is 3.18. The Morgan fingerprint density at radius 3 is 2.26 bits per heavy atom. The lowest BCUT2D eigenvalue weighted by molar-refractivity contribution is -0.384. The summed E-state index contributed by atoms with van der Waals surface area (Å²) in [6.45, 7) is 0. The Morgan fingerprint density at radius 2 is 1.48 bits per heavy atom. The topological polar surface area (TPSA) is 61.0 Å². The van der Waals surface area contributed by atoms with E-state index in [4.69, 9.17) is 4.99 Å². The average molecular weight is 405 g/mol. The average Bonchev–Trinajstić information content (AvgIpc) is 3.54. The maximum absolute atomic E-state index is 4.74. The fraction of sp³-hybridized carbons (Fsp3) is 0.0800. The lowest BCUT2D eigenvalue weighted by Crippen LogP contribution is -2.67. The van der Waals surface area contributed by atoms with Crippen LogP contribution in [0.1, 0.15) is 5.69 Å². The highest BCUT2D eigenvalue weighted by Crippen LogP contribution is 2.18. The van der Waals surface area contributed by atoms with Gasteiger partial charge in [-0.3, -0.25) is 0 Å². The molecule has 31 heavy (non-hydrogen) atoms. The number of fused-ring (bicyclic) bond motifs is 5. The first-order valence-electron chi connectivity index (χ1n) is 10.2. The highest BCUT2D eigenvalue weighted by Gasteiger charge is 2.17. The molecule has 150 valence electrons. The van der Waals surface area contributed by atoms with Gasteiger partial charge in [0.15, 0.2) is 0 Å². The smallest absolute Gasteiger partial charge is 0.206 e. The van der Waals surface area contributed by atoms with E-state index >= 15 is 0 Å². The highest BCUT2D eigenvalue weighted by atomic mass is 15.3. The van der Waals surface area contributed by atoms with Crippen molar-refractivity contribution in [2.45, 2.75) is 0 Å².